The molecule has 2 spiro atoms. The van der Waals surface area contributed by atoms with Gasteiger partial charge in [-0.15, -0.1) is 0 Å². The van der Waals surface area contributed by atoms with Gasteiger partial charge >= 0.3 is 0 Å². The zero-order valence-electron chi connectivity index (χ0n) is 18.1. The van der Waals surface area contributed by atoms with Gasteiger partial charge in [0.15, 0.2) is 11.7 Å². The van der Waals surface area contributed by atoms with Crippen LogP contribution < -0.4 is 10.5 Å². The molecule has 2 N–H and O–H groups in total. The van der Waals surface area contributed by atoms with Crippen LogP contribution in [0, 0.1) is 5.41 Å². The average molecular weight is 379 g/mol. The number of benzene rings is 1. The molecule has 0 saturated heterocycles. The summed E-state index contributed by atoms with van der Waals surface area (Å²) in [5.41, 5.74) is 6.41. The Morgan fingerprint density at radius 1 is 1.37 bits per heavy atom. The molecule has 0 aromatic heterocycles. The predicted molar refractivity (Wildman–Crippen MR) is 100 cm³/mol. The van der Waals surface area contributed by atoms with Gasteiger partial charge in [0.2, 0.25) is 0 Å². The van der Waals surface area contributed by atoms with Crippen molar-refractivity contribution in [2.24, 2.45) is 16.1 Å². The predicted octanol–water partition coefficient (Wildman–Crippen LogP) is 3.98. The maximum absolute atomic E-state index is 14.5. The monoisotopic (exact) mass is 379 g/mol. The van der Waals surface area contributed by atoms with Gasteiger partial charge < -0.3 is 15.2 Å². The molecule has 1 aromatic rings. The Bertz CT molecular complexity index is 859. The van der Waals surface area contributed by atoms with Gasteiger partial charge in [-0.05, 0) is 61.4 Å². The maximum atomic E-state index is 14.5. The van der Waals surface area contributed by atoms with E-state index in [0.29, 0.717) is 44.3 Å². The van der Waals surface area contributed by atoms with Crippen molar-refractivity contribution in [3.05, 3.63) is 41.2 Å². The van der Waals surface area contributed by atoms with E-state index in [9.17, 15) is 8.78 Å². The number of ether oxygens (including phenoxy) is 2. The average Bonchev–Trinajstić information content (AvgIpc) is 3.11. The summed E-state index contributed by atoms with van der Waals surface area (Å²) in [6.07, 6.45) is 4.52. The van der Waals surface area contributed by atoms with Crippen molar-refractivity contribution in [2.75, 3.05) is 20.3 Å². The molecule has 0 amide bonds. The van der Waals surface area contributed by atoms with Crippen molar-refractivity contribution in [2.45, 2.75) is 50.2 Å². The first kappa shape index (κ1) is 15.0. The zero-order chi connectivity index (χ0) is 21.6. The molecular weight excluding hydrogens is 350 g/mol. The standard InChI is InChI=1S/C21H26F2N2O2/c1-26-15-5-7-20(8-6-15)12-14-3-4-16(27-10-2-9-22)11-17(14)21(20)13-18(23)19(24)25-21/h3-4,11,13,15H,2,5-10,12H2,1H3,(H2,24,25)/t15-,20+,21?/i1D3. The van der Waals surface area contributed by atoms with Gasteiger partial charge in [0.05, 0.1) is 23.5 Å². The van der Waals surface area contributed by atoms with Gasteiger partial charge in [0.25, 0.3) is 0 Å². The van der Waals surface area contributed by atoms with Crippen molar-refractivity contribution >= 4 is 5.84 Å². The summed E-state index contributed by atoms with van der Waals surface area (Å²) in [6.45, 7) is -0.191. The number of nitrogens with two attached hydrogens (primary N) is 1. The Kier molecular flexibility index (Phi) is 3.84. The minimum absolute atomic E-state index is 0.119. The highest BCUT2D eigenvalue weighted by Crippen LogP contribution is 2.62. The Balaban J connectivity index is 1.66. The zero-order valence-corrected chi connectivity index (χ0v) is 15.1. The number of rotatable bonds is 5. The van der Waals surface area contributed by atoms with Crippen LogP contribution in [0.25, 0.3) is 0 Å². The van der Waals surface area contributed by atoms with E-state index < -0.39 is 30.5 Å². The summed E-state index contributed by atoms with van der Waals surface area (Å²) in [5.74, 6) is -0.0637. The Hall–Kier alpha value is -1.95. The molecule has 0 bridgehead atoms. The van der Waals surface area contributed by atoms with E-state index in [1.54, 1.807) is 0 Å². The normalized spacial score (nSPS) is 34.0. The molecule has 1 aliphatic heterocycles. The molecule has 2 aliphatic carbocycles. The fourth-order valence-corrected chi connectivity index (χ4v) is 4.95. The molecule has 3 aliphatic rings. The highest BCUT2D eigenvalue weighted by atomic mass is 19.1. The Morgan fingerprint density at radius 2 is 2.19 bits per heavy atom. The van der Waals surface area contributed by atoms with Crippen molar-refractivity contribution in [3.8, 4) is 5.75 Å². The smallest absolute Gasteiger partial charge is 0.163 e. The first-order valence-electron chi connectivity index (χ1n) is 10.9. The summed E-state index contributed by atoms with van der Waals surface area (Å²) in [5, 5.41) is 0. The lowest BCUT2D eigenvalue weighted by atomic mass is 9.62. The van der Waals surface area contributed by atoms with E-state index in [2.05, 4.69) is 4.99 Å². The van der Waals surface area contributed by atoms with E-state index in [0.717, 1.165) is 11.1 Å². The fourth-order valence-electron chi connectivity index (χ4n) is 4.95. The van der Waals surface area contributed by atoms with E-state index in [4.69, 9.17) is 19.3 Å². The number of hydrogen-bond donors (Lipinski definition) is 1. The molecule has 0 radical (unpaired) electrons. The quantitative estimate of drug-likeness (QED) is 0.788. The number of halogens is 2. The van der Waals surface area contributed by atoms with Crippen molar-refractivity contribution in [1.29, 1.82) is 0 Å². The van der Waals surface area contributed by atoms with Crippen LogP contribution in [-0.2, 0) is 16.7 Å². The van der Waals surface area contributed by atoms with Crippen molar-refractivity contribution in [1.82, 2.24) is 0 Å². The molecule has 1 aromatic carbocycles. The lowest BCUT2D eigenvalue weighted by Gasteiger charge is -2.45. The summed E-state index contributed by atoms with van der Waals surface area (Å²) in [7, 11) is -2.43. The van der Waals surface area contributed by atoms with Crippen LogP contribution >= 0.6 is 0 Å². The highest BCUT2D eigenvalue weighted by Gasteiger charge is 2.59. The summed E-state index contributed by atoms with van der Waals surface area (Å²) in [4.78, 5) is 4.62. The van der Waals surface area contributed by atoms with Gasteiger partial charge in [0, 0.05) is 18.9 Å². The van der Waals surface area contributed by atoms with Crippen LogP contribution in [-0.4, -0.2) is 32.3 Å². The van der Waals surface area contributed by atoms with E-state index in [1.165, 1.54) is 6.08 Å². The minimum atomic E-state index is -2.43. The second-order valence-electron chi connectivity index (χ2n) is 7.74. The molecule has 4 rings (SSSR count). The lowest BCUT2D eigenvalue weighted by molar-refractivity contribution is 0.00813. The molecular formula is C21H26F2N2O2. The van der Waals surface area contributed by atoms with E-state index in [1.807, 2.05) is 18.2 Å². The van der Waals surface area contributed by atoms with E-state index >= 15 is 0 Å². The second kappa shape index (κ2) is 6.89. The largest absolute Gasteiger partial charge is 0.493 e. The van der Waals surface area contributed by atoms with Crippen LogP contribution in [0.15, 0.2) is 35.1 Å². The highest BCUT2D eigenvalue weighted by molar-refractivity contribution is 5.98. The second-order valence-corrected chi connectivity index (χ2v) is 7.74. The van der Waals surface area contributed by atoms with Gasteiger partial charge in [-0.2, -0.15) is 0 Å². The SMILES string of the molecule is [2H]C([2H])([2H])O[C@H]1CC[C@@]2(CC1)Cc1ccc(OCCCF)cc1C21C=C(F)C(N)=N1. The van der Waals surface area contributed by atoms with Crippen LogP contribution in [0.2, 0.25) is 0 Å². The first-order chi connectivity index (χ1) is 14.2. The summed E-state index contributed by atoms with van der Waals surface area (Å²) >= 11 is 0. The molecule has 1 heterocycles. The topological polar surface area (TPSA) is 56.8 Å². The fraction of sp³-hybridized carbons (Fsp3) is 0.571. The third-order valence-corrected chi connectivity index (χ3v) is 6.31. The molecule has 27 heavy (non-hydrogen) atoms. The Morgan fingerprint density at radius 3 is 2.85 bits per heavy atom. The minimum Gasteiger partial charge on any atom is -0.493 e. The summed E-state index contributed by atoms with van der Waals surface area (Å²) < 4.78 is 59.9. The number of fused-ring (bicyclic) bond motifs is 3. The summed E-state index contributed by atoms with van der Waals surface area (Å²) in [6, 6.07) is 5.66. The van der Waals surface area contributed by atoms with Crippen molar-refractivity contribution < 1.29 is 22.4 Å². The van der Waals surface area contributed by atoms with Gasteiger partial charge in [-0.3, -0.25) is 4.39 Å². The van der Waals surface area contributed by atoms with Gasteiger partial charge in [-0.25, -0.2) is 9.38 Å². The van der Waals surface area contributed by atoms with Gasteiger partial charge in [-0.1, -0.05) is 6.07 Å². The number of nitrogens with zero attached hydrogens (tertiary/aromatic N) is 1. The number of alkyl halides is 1. The molecule has 1 fully saturated rings. The first-order valence-corrected chi connectivity index (χ1v) is 9.42. The van der Waals surface area contributed by atoms with Crippen LogP contribution in [0.1, 0.15) is 47.3 Å². The van der Waals surface area contributed by atoms with Gasteiger partial charge in [0.1, 0.15) is 11.3 Å². The van der Waals surface area contributed by atoms with Crippen LogP contribution in [0.5, 0.6) is 5.75 Å². The lowest BCUT2D eigenvalue weighted by Crippen LogP contribution is -2.43. The van der Waals surface area contributed by atoms with Crippen LogP contribution in [0.4, 0.5) is 8.78 Å². The molecule has 1 unspecified atom stereocenters. The number of aliphatic imine (C=N–C) groups is 1. The third-order valence-electron chi connectivity index (χ3n) is 6.31. The molecule has 6 heteroatoms. The number of amidine groups is 1. The molecule has 1 saturated carbocycles. The molecule has 146 valence electrons. The maximum Gasteiger partial charge on any atom is 0.163 e. The molecule has 1 atom stereocenters. The number of methoxy groups -OCH3 is 1. The van der Waals surface area contributed by atoms with E-state index in [-0.39, 0.29) is 18.5 Å². The third kappa shape index (κ3) is 2.85. The van der Waals surface area contributed by atoms with Crippen molar-refractivity contribution in [3.63, 3.8) is 0 Å². The van der Waals surface area contributed by atoms with Crippen LogP contribution in [0.3, 0.4) is 0 Å². The number of hydrogen-bond acceptors (Lipinski definition) is 4. The molecule has 4 nitrogen and oxygen atoms in total. The Labute approximate surface area is 162 Å².